The number of anilines is 1. The predicted octanol–water partition coefficient (Wildman–Crippen LogP) is 1.86. The van der Waals surface area contributed by atoms with Crippen molar-refractivity contribution in [2.45, 2.75) is 0 Å². The van der Waals surface area contributed by atoms with E-state index in [1.807, 2.05) is 0 Å². The lowest BCUT2D eigenvalue weighted by Gasteiger charge is -2.20. The van der Waals surface area contributed by atoms with Crippen molar-refractivity contribution in [3.05, 3.63) is 29.3 Å². The molecule has 0 unspecified atom stereocenters. The second-order valence-electron chi connectivity index (χ2n) is 2.93. The molecule has 1 aromatic rings. The van der Waals surface area contributed by atoms with Crippen LogP contribution in [0.3, 0.4) is 0 Å². The molecule has 15 heavy (non-hydrogen) atoms. The fraction of sp³-hybridized carbons (Fsp3) is 0.182. The fourth-order valence-electron chi connectivity index (χ4n) is 1.18. The predicted molar refractivity (Wildman–Crippen MR) is 60.1 cm³/mol. The van der Waals surface area contributed by atoms with Gasteiger partial charge in [0, 0.05) is 10.7 Å². The van der Waals surface area contributed by atoms with Crippen LogP contribution >= 0.6 is 11.6 Å². The smallest absolute Gasteiger partial charge is 0.323 e. The molecule has 1 rings (SSSR count). The molecule has 0 bridgehead atoms. The van der Waals surface area contributed by atoms with Crippen LogP contribution < -0.4 is 4.90 Å². The number of carboxylic acids is 1. The van der Waals surface area contributed by atoms with Crippen molar-refractivity contribution < 1.29 is 9.90 Å². The quantitative estimate of drug-likeness (QED) is 0.793. The summed E-state index contributed by atoms with van der Waals surface area (Å²) < 4.78 is 0. The Balaban J connectivity index is 2.89. The second-order valence-corrected chi connectivity index (χ2v) is 3.37. The van der Waals surface area contributed by atoms with E-state index in [1.165, 1.54) is 0 Å². The van der Waals surface area contributed by atoms with E-state index in [0.717, 1.165) is 0 Å². The van der Waals surface area contributed by atoms with Crippen LogP contribution in [0, 0.1) is 12.3 Å². The Kier molecular flexibility index (Phi) is 4.02. The van der Waals surface area contributed by atoms with Crippen molar-refractivity contribution in [3.63, 3.8) is 0 Å². The van der Waals surface area contributed by atoms with E-state index in [0.29, 0.717) is 10.7 Å². The number of halogens is 1. The normalized spacial score (nSPS) is 9.33. The van der Waals surface area contributed by atoms with Gasteiger partial charge in [-0.3, -0.25) is 4.79 Å². The summed E-state index contributed by atoms with van der Waals surface area (Å²) in [4.78, 5) is 12.2. The van der Waals surface area contributed by atoms with Gasteiger partial charge in [0.15, 0.2) is 0 Å². The van der Waals surface area contributed by atoms with E-state index in [4.69, 9.17) is 23.1 Å². The highest BCUT2D eigenvalue weighted by atomic mass is 35.5. The van der Waals surface area contributed by atoms with Gasteiger partial charge in [0.25, 0.3) is 0 Å². The minimum atomic E-state index is -0.926. The molecule has 0 saturated heterocycles. The Morgan fingerprint density at radius 3 is 2.87 bits per heavy atom. The summed E-state index contributed by atoms with van der Waals surface area (Å²) in [7, 11) is 0. The molecule has 0 aliphatic heterocycles. The molecule has 0 aliphatic carbocycles. The van der Waals surface area contributed by atoms with Gasteiger partial charge in [-0.05, 0) is 18.2 Å². The SMILES string of the molecule is C#CCN(CC(=O)O)c1cccc(Cl)c1. The summed E-state index contributed by atoms with van der Waals surface area (Å²) in [5.74, 6) is 1.48. The Hall–Kier alpha value is -1.66. The summed E-state index contributed by atoms with van der Waals surface area (Å²) in [6, 6.07) is 6.93. The van der Waals surface area contributed by atoms with E-state index in [9.17, 15) is 4.79 Å². The van der Waals surface area contributed by atoms with Gasteiger partial charge in [0.2, 0.25) is 0 Å². The lowest BCUT2D eigenvalue weighted by Crippen LogP contribution is -2.29. The molecule has 0 fully saturated rings. The topological polar surface area (TPSA) is 40.5 Å². The first-order valence-electron chi connectivity index (χ1n) is 4.29. The van der Waals surface area contributed by atoms with Crippen LogP contribution in [0.4, 0.5) is 5.69 Å². The van der Waals surface area contributed by atoms with E-state index in [1.54, 1.807) is 29.2 Å². The van der Waals surface area contributed by atoms with Crippen LogP contribution in [0.1, 0.15) is 0 Å². The highest BCUT2D eigenvalue weighted by molar-refractivity contribution is 6.30. The number of carboxylic acid groups (broad SMARTS) is 1. The second kappa shape index (κ2) is 5.28. The molecule has 0 aromatic heterocycles. The highest BCUT2D eigenvalue weighted by Gasteiger charge is 2.09. The molecule has 0 spiro atoms. The number of carbonyl (C=O) groups is 1. The van der Waals surface area contributed by atoms with E-state index >= 15 is 0 Å². The largest absolute Gasteiger partial charge is 0.480 e. The van der Waals surface area contributed by atoms with Crippen LogP contribution in [0.2, 0.25) is 5.02 Å². The lowest BCUT2D eigenvalue weighted by atomic mass is 10.3. The minimum Gasteiger partial charge on any atom is -0.480 e. The van der Waals surface area contributed by atoms with Gasteiger partial charge in [0.1, 0.15) is 6.54 Å². The first kappa shape index (κ1) is 11.4. The average molecular weight is 224 g/mol. The van der Waals surface area contributed by atoms with Gasteiger partial charge in [-0.25, -0.2) is 0 Å². The van der Waals surface area contributed by atoms with Crippen molar-refractivity contribution in [1.29, 1.82) is 0 Å². The Morgan fingerprint density at radius 2 is 2.33 bits per heavy atom. The molecule has 0 saturated carbocycles. The standard InChI is InChI=1S/C11H10ClNO2/c1-2-6-13(8-11(14)15)10-5-3-4-9(12)7-10/h1,3-5,7H,6,8H2,(H,14,15). The molecule has 1 N–H and O–H groups in total. The molecule has 0 atom stereocenters. The molecule has 0 amide bonds. The molecule has 4 heteroatoms. The van der Waals surface area contributed by atoms with Crippen molar-refractivity contribution in [1.82, 2.24) is 0 Å². The van der Waals surface area contributed by atoms with E-state index < -0.39 is 5.97 Å². The maximum absolute atomic E-state index is 10.6. The first-order valence-corrected chi connectivity index (χ1v) is 4.67. The third-order valence-electron chi connectivity index (χ3n) is 1.78. The number of rotatable bonds is 4. The lowest BCUT2D eigenvalue weighted by molar-refractivity contribution is -0.135. The molecular formula is C11H10ClNO2. The zero-order valence-corrected chi connectivity index (χ0v) is 8.74. The van der Waals surface area contributed by atoms with Gasteiger partial charge in [-0.1, -0.05) is 23.6 Å². The summed E-state index contributed by atoms with van der Waals surface area (Å²) >= 11 is 5.80. The van der Waals surface area contributed by atoms with Crippen LogP contribution in [-0.2, 0) is 4.79 Å². The first-order chi connectivity index (χ1) is 7.13. The molecule has 0 aliphatic rings. The third kappa shape index (κ3) is 3.53. The number of hydrogen-bond acceptors (Lipinski definition) is 2. The van der Waals surface area contributed by atoms with Gasteiger partial charge < -0.3 is 10.0 Å². The van der Waals surface area contributed by atoms with E-state index in [-0.39, 0.29) is 13.1 Å². The molecular weight excluding hydrogens is 214 g/mol. The molecule has 1 aromatic carbocycles. The van der Waals surface area contributed by atoms with Crippen molar-refractivity contribution in [3.8, 4) is 12.3 Å². The monoisotopic (exact) mass is 223 g/mol. The van der Waals surface area contributed by atoms with Crippen molar-refractivity contribution in [2.24, 2.45) is 0 Å². The summed E-state index contributed by atoms with van der Waals surface area (Å²) in [6.07, 6.45) is 5.16. The fourth-order valence-corrected chi connectivity index (χ4v) is 1.37. The van der Waals surface area contributed by atoms with Crippen LogP contribution in [0.15, 0.2) is 24.3 Å². The zero-order chi connectivity index (χ0) is 11.3. The van der Waals surface area contributed by atoms with Gasteiger partial charge >= 0.3 is 5.97 Å². The van der Waals surface area contributed by atoms with Crippen LogP contribution in [0.25, 0.3) is 0 Å². The van der Waals surface area contributed by atoms with Crippen molar-refractivity contribution in [2.75, 3.05) is 18.0 Å². The Bertz CT molecular complexity index is 398. The van der Waals surface area contributed by atoms with Gasteiger partial charge in [0.05, 0.1) is 6.54 Å². The molecule has 78 valence electrons. The molecule has 0 radical (unpaired) electrons. The summed E-state index contributed by atoms with van der Waals surface area (Å²) in [5.41, 5.74) is 0.711. The zero-order valence-electron chi connectivity index (χ0n) is 7.98. The average Bonchev–Trinajstić information content (AvgIpc) is 2.16. The van der Waals surface area contributed by atoms with Crippen molar-refractivity contribution >= 4 is 23.3 Å². The minimum absolute atomic E-state index is 0.134. The number of terminal acetylenes is 1. The third-order valence-corrected chi connectivity index (χ3v) is 2.02. The number of aliphatic carboxylic acids is 1. The maximum atomic E-state index is 10.6. The highest BCUT2D eigenvalue weighted by Crippen LogP contribution is 2.18. The molecule has 0 heterocycles. The number of benzene rings is 1. The van der Waals surface area contributed by atoms with Crippen LogP contribution in [-0.4, -0.2) is 24.2 Å². The van der Waals surface area contributed by atoms with E-state index in [2.05, 4.69) is 5.92 Å². The summed E-state index contributed by atoms with van der Waals surface area (Å²) in [5, 5.41) is 9.25. The van der Waals surface area contributed by atoms with Gasteiger partial charge in [-0.15, -0.1) is 6.42 Å². The van der Waals surface area contributed by atoms with Crippen LogP contribution in [0.5, 0.6) is 0 Å². The maximum Gasteiger partial charge on any atom is 0.323 e. The Morgan fingerprint density at radius 1 is 1.60 bits per heavy atom. The number of nitrogens with zero attached hydrogens (tertiary/aromatic N) is 1. The summed E-state index contributed by atoms with van der Waals surface area (Å²) in [6.45, 7) is 0.108. The number of hydrogen-bond donors (Lipinski definition) is 1. The molecule has 3 nitrogen and oxygen atoms in total. The van der Waals surface area contributed by atoms with Gasteiger partial charge in [-0.2, -0.15) is 0 Å². The Labute approximate surface area is 93.3 Å².